The van der Waals surface area contributed by atoms with E-state index in [1.54, 1.807) is 0 Å². The average molecular weight is 195 g/mol. The third kappa shape index (κ3) is 1.09. The quantitative estimate of drug-likeness (QED) is 0.573. The van der Waals surface area contributed by atoms with Gasteiger partial charge in [0.1, 0.15) is 6.10 Å². The van der Waals surface area contributed by atoms with Gasteiger partial charge in [-0.2, -0.15) is 0 Å². The van der Waals surface area contributed by atoms with Gasteiger partial charge in [-0.15, -0.1) is 0 Å². The summed E-state index contributed by atoms with van der Waals surface area (Å²) in [4.78, 5) is 14.0. The SMILES string of the molecule is CC1O[C@@]2(CC1=O)CN1CCC2CC1. The number of piperidine rings is 3. The fourth-order valence-corrected chi connectivity index (χ4v) is 3.36. The molecule has 4 aliphatic heterocycles. The van der Waals surface area contributed by atoms with E-state index < -0.39 is 0 Å². The molecule has 1 unspecified atom stereocenters. The molecule has 4 aliphatic rings. The summed E-state index contributed by atoms with van der Waals surface area (Å²) in [6.07, 6.45) is 2.95. The number of carbonyl (C=O) groups is 1. The van der Waals surface area contributed by atoms with Crippen LogP contribution in [0.2, 0.25) is 0 Å². The molecule has 4 heterocycles. The summed E-state index contributed by atoms with van der Waals surface area (Å²) in [7, 11) is 0. The van der Waals surface area contributed by atoms with Crippen LogP contribution < -0.4 is 0 Å². The zero-order valence-electron chi connectivity index (χ0n) is 8.66. The first-order valence-corrected chi connectivity index (χ1v) is 5.62. The number of Topliss-reactive ketones (excluding diaryl/α,β-unsaturated/α-hetero) is 1. The standard InChI is InChI=1S/C11H17NO2/c1-8-10(13)6-11(14-8)7-12-4-2-9(11)3-5-12/h8-9H,2-7H2,1H3/t8?,11-/m0/s1. The third-order valence-electron chi connectivity index (χ3n) is 4.16. The number of nitrogens with zero attached hydrogens (tertiary/aromatic N) is 1. The van der Waals surface area contributed by atoms with Crippen molar-refractivity contribution in [1.82, 2.24) is 4.90 Å². The molecule has 0 aliphatic carbocycles. The highest BCUT2D eigenvalue weighted by Gasteiger charge is 2.53. The van der Waals surface area contributed by atoms with Crippen molar-refractivity contribution in [3.8, 4) is 0 Å². The Hall–Kier alpha value is -0.410. The van der Waals surface area contributed by atoms with Crippen LogP contribution >= 0.6 is 0 Å². The van der Waals surface area contributed by atoms with Crippen LogP contribution in [0.3, 0.4) is 0 Å². The molecule has 3 nitrogen and oxygen atoms in total. The number of ketones is 1. The molecule has 2 atom stereocenters. The monoisotopic (exact) mass is 195 g/mol. The van der Waals surface area contributed by atoms with Crippen LogP contribution in [0.4, 0.5) is 0 Å². The Balaban J connectivity index is 1.87. The van der Waals surface area contributed by atoms with Crippen molar-refractivity contribution in [2.45, 2.75) is 37.9 Å². The summed E-state index contributed by atoms with van der Waals surface area (Å²) in [6.45, 7) is 5.30. The van der Waals surface area contributed by atoms with Gasteiger partial charge >= 0.3 is 0 Å². The molecule has 0 saturated carbocycles. The van der Waals surface area contributed by atoms with Crippen LogP contribution in [-0.2, 0) is 9.53 Å². The Kier molecular flexibility index (Phi) is 1.77. The lowest BCUT2D eigenvalue weighted by Gasteiger charge is -2.50. The summed E-state index contributed by atoms with van der Waals surface area (Å²) in [6, 6.07) is 0. The second kappa shape index (κ2) is 2.80. The van der Waals surface area contributed by atoms with Crippen LogP contribution in [0.5, 0.6) is 0 Å². The maximum Gasteiger partial charge on any atom is 0.164 e. The lowest BCUT2D eigenvalue weighted by atomic mass is 9.74. The van der Waals surface area contributed by atoms with Gasteiger partial charge in [-0.25, -0.2) is 0 Å². The molecular weight excluding hydrogens is 178 g/mol. The zero-order chi connectivity index (χ0) is 9.76. The van der Waals surface area contributed by atoms with Gasteiger partial charge in [-0.3, -0.25) is 4.79 Å². The first-order chi connectivity index (χ1) is 6.70. The minimum Gasteiger partial charge on any atom is -0.362 e. The fourth-order valence-electron chi connectivity index (χ4n) is 3.36. The topological polar surface area (TPSA) is 29.5 Å². The lowest BCUT2D eigenvalue weighted by molar-refractivity contribution is -0.143. The van der Waals surface area contributed by atoms with Gasteiger partial charge in [0.25, 0.3) is 0 Å². The van der Waals surface area contributed by atoms with Gasteiger partial charge in [0.05, 0.1) is 5.60 Å². The van der Waals surface area contributed by atoms with Crippen LogP contribution in [-0.4, -0.2) is 42.0 Å². The molecule has 0 aromatic heterocycles. The van der Waals surface area contributed by atoms with Crippen molar-refractivity contribution in [1.29, 1.82) is 0 Å². The molecular formula is C11H17NO2. The molecule has 0 aromatic carbocycles. The summed E-state index contributed by atoms with van der Waals surface area (Å²) in [5, 5.41) is 0. The van der Waals surface area contributed by atoms with Gasteiger partial charge in [-0.05, 0) is 38.8 Å². The lowest BCUT2D eigenvalue weighted by Crippen LogP contribution is -2.59. The van der Waals surface area contributed by atoms with Gasteiger partial charge < -0.3 is 9.64 Å². The van der Waals surface area contributed by atoms with Crippen molar-refractivity contribution in [3.05, 3.63) is 0 Å². The Labute approximate surface area is 84.4 Å². The fraction of sp³-hybridized carbons (Fsp3) is 0.909. The molecule has 4 rings (SSSR count). The Bertz CT molecular complexity index is 270. The number of hydrogen-bond donors (Lipinski definition) is 0. The maximum absolute atomic E-state index is 11.6. The highest BCUT2D eigenvalue weighted by molar-refractivity contribution is 5.85. The van der Waals surface area contributed by atoms with Crippen molar-refractivity contribution in [3.63, 3.8) is 0 Å². The number of carbonyl (C=O) groups excluding carboxylic acids is 1. The number of ether oxygens (including phenoxy) is 1. The van der Waals surface area contributed by atoms with E-state index in [0.29, 0.717) is 18.1 Å². The molecule has 0 aromatic rings. The predicted molar refractivity (Wildman–Crippen MR) is 52.1 cm³/mol. The zero-order valence-corrected chi connectivity index (χ0v) is 8.66. The summed E-state index contributed by atoms with van der Waals surface area (Å²) in [5.74, 6) is 0.945. The van der Waals surface area contributed by atoms with E-state index in [-0.39, 0.29) is 11.7 Å². The molecule has 2 bridgehead atoms. The first-order valence-electron chi connectivity index (χ1n) is 5.62. The molecule has 0 N–H and O–H groups in total. The highest BCUT2D eigenvalue weighted by Crippen LogP contribution is 2.44. The molecule has 1 spiro atoms. The minimum absolute atomic E-state index is 0.0903. The Morgan fingerprint density at radius 3 is 2.57 bits per heavy atom. The van der Waals surface area contributed by atoms with Crippen molar-refractivity contribution in [2.75, 3.05) is 19.6 Å². The van der Waals surface area contributed by atoms with E-state index in [1.807, 2.05) is 6.92 Å². The van der Waals surface area contributed by atoms with Crippen LogP contribution in [0.15, 0.2) is 0 Å². The van der Waals surface area contributed by atoms with E-state index in [4.69, 9.17) is 4.74 Å². The largest absolute Gasteiger partial charge is 0.362 e. The molecule has 14 heavy (non-hydrogen) atoms. The Morgan fingerprint density at radius 1 is 1.43 bits per heavy atom. The second-order valence-electron chi connectivity index (χ2n) is 5.02. The van der Waals surface area contributed by atoms with E-state index in [0.717, 1.165) is 6.54 Å². The number of rotatable bonds is 0. The van der Waals surface area contributed by atoms with Crippen LogP contribution in [0.25, 0.3) is 0 Å². The van der Waals surface area contributed by atoms with E-state index >= 15 is 0 Å². The van der Waals surface area contributed by atoms with Crippen molar-refractivity contribution < 1.29 is 9.53 Å². The summed E-state index contributed by atoms with van der Waals surface area (Å²) < 4.78 is 5.94. The molecule has 4 saturated heterocycles. The predicted octanol–water partition coefficient (Wildman–Crippen LogP) is 0.829. The first kappa shape index (κ1) is 8.86. The normalized spacial score (nSPS) is 51.8. The van der Waals surface area contributed by atoms with Crippen LogP contribution in [0, 0.1) is 5.92 Å². The summed E-state index contributed by atoms with van der Waals surface area (Å²) in [5.41, 5.74) is -0.0903. The molecule has 3 heteroatoms. The average Bonchev–Trinajstić information content (AvgIpc) is 2.43. The maximum atomic E-state index is 11.6. The molecule has 78 valence electrons. The van der Waals surface area contributed by atoms with E-state index in [9.17, 15) is 4.79 Å². The number of hydrogen-bond acceptors (Lipinski definition) is 3. The van der Waals surface area contributed by atoms with E-state index in [1.165, 1.54) is 25.9 Å². The minimum atomic E-state index is -0.157. The second-order valence-corrected chi connectivity index (χ2v) is 5.02. The van der Waals surface area contributed by atoms with Gasteiger partial charge in [0.15, 0.2) is 5.78 Å². The third-order valence-corrected chi connectivity index (χ3v) is 4.16. The Morgan fingerprint density at radius 2 is 2.14 bits per heavy atom. The summed E-state index contributed by atoms with van der Waals surface area (Å²) >= 11 is 0. The molecule has 4 fully saturated rings. The van der Waals surface area contributed by atoms with Gasteiger partial charge in [-0.1, -0.05) is 0 Å². The van der Waals surface area contributed by atoms with E-state index in [2.05, 4.69) is 4.90 Å². The van der Waals surface area contributed by atoms with Crippen LogP contribution in [0.1, 0.15) is 26.2 Å². The van der Waals surface area contributed by atoms with Crippen molar-refractivity contribution in [2.24, 2.45) is 5.92 Å². The smallest absolute Gasteiger partial charge is 0.164 e. The number of fused-ring (bicyclic) bond motifs is 2. The molecule has 0 radical (unpaired) electrons. The molecule has 0 amide bonds. The van der Waals surface area contributed by atoms with Gasteiger partial charge in [0, 0.05) is 13.0 Å². The van der Waals surface area contributed by atoms with Crippen molar-refractivity contribution >= 4 is 5.78 Å². The highest BCUT2D eigenvalue weighted by atomic mass is 16.5. The van der Waals surface area contributed by atoms with Gasteiger partial charge in [0.2, 0.25) is 0 Å².